The summed E-state index contributed by atoms with van der Waals surface area (Å²) in [5.41, 5.74) is 0.0680. The molecule has 3 amide bonds. The normalized spacial score (nSPS) is 10.2. The summed E-state index contributed by atoms with van der Waals surface area (Å²) in [4.78, 5) is 39.5. The minimum Gasteiger partial charge on any atom is -0.452 e. The molecule has 0 unspecified atom stereocenters. The number of rotatable bonds is 7. The Labute approximate surface area is 156 Å². The standard InChI is InChI=1S/C19H21N3O5/c1-13(2)11-21-19(25)22-16(23)12-26-18(24)15-9-6-10-20-17(15)27-14-7-4-3-5-8-14/h3-10,13H,11-12H2,1-2H3,(H2,21,22,23,25). The molecule has 1 heterocycles. The van der Waals surface area contributed by atoms with Crippen molar-refractivity contribution in [1.82, 2.24) is 15.6 Å². The summed E-state index contributed by atoms with van der Waals surface area (Å²) in [6, 6.07) is 11.2. The van der Waals surface area contributed by atoms with E-state index in [9.17, 15) is 14.4 Å². The summed E-state index contributed by atoms with van der Waals surface area (Å²) in [5, 5.41) is 4.61. The number of hydrogen-bond acceptors (Lipinski definition) is 6. The summed E-state index contributed by atoms with van der Waals surface area (Å²) < 4.78 is 10.5. The Hall–Kier alpha value is -3.42. The van der Waals surface area contributed by atoms with Crippen LogP contribution in [0.2, 0.25) is 0 Å². The van der Waals surface area contributed by atoms with E-state index in [0.29, 0.717) is 12.3 Å². The van der Waals surface area contributed by atoms with Crippen molar-refractivity contribution in [2.75, 3.05) is 13.2 Å². The molecule has 0 radical (unpaired) electrons. The zero-order valence-electron chi connectivity index (χ0n) is 15.1. The zero-order chi connectivity index (χ0) is 19.6. The maximum absolute atomic E-state index is 12.2. The summed E-state index contributed by atoms with van der Waals surface area (Å²) in [6.45, 7) is 3.67. The number of urea groups is 1. The first kappa shape index (κ1) is 19.9. The Morgan fingerprint density at radius 1 is 1.07 bits per heavy atom. The van der Waals surface area contributed by atoms with Crippen molar-refractivity contribution in [3.63, 3.8) is 0 Å². The molecule has 1 aromatic carbocycles. The van der Waals surface area contributed by atoms with E-state index >= 15 is 0 Å². The lowest BCUT2D eigenvalue weighted by Gasteiger charge is -2.10. The van der Waals surface area contributed by atoms with Gasteiger partial charge in [-0.25, -0.2) is 14.6 Å². The van der Waals surface area contributed by atoms with E-state index in [1.54, 1.807) is 30.3 Å². The van der Waals surface area contributed by atoms with E-state index in [1.165, 1.54) is 12.3 Å². The molecule has 0 fully saturated rings. The fourth-order valence-electron chi connectivity index (χ4n) is 1.94. The molecular weight excluding hydrogens is 350 g/mol. The number of carbonyl (C=O) groups excluding carboxylic acids is 3. The smallest absolute Gasteiger partial charge is 0.344 e. The van der Waals surface area contributed by atoms with Crippen LogP contribution in [-0.4, -0.2) is 36.0 Å². The number of nitrogens with one attached hydrogen (secondary N) is 2. The van der Waals surface area contributed by atoms with Crippen LogP contribution in [-0.2, 0) is 9.53 Å². The van der Waals surface area contributed by atoms with Crippen LogP contribution in [0.5, 0.6) is 11.6 Å². The third-order valence-corrected chi connectivity index (χ3v) is 3.21. The van der Waals surface area contributed by atoms with Crippen LogP contribution >= 0.6 is 0 Å². The number of aromatic nitrogens is 1. The fourth-order valence-corrected chi connectivity index (χ4v) is 1.94. The Bertz CT molecular complexity index is 793. The molecule has 142 valence electrons. The molecule has 2 N–H and O–H groups in total. The van der Waals surface area contributed by atoms with Crippen molar-refractivity contribution >= 4 is 17.9 Å². The molecule has 0 saturated carbocycles. The van der Waals surface area contributed by atoms with Crippen LogP contribution in [0.3, 0.4) is 0 Å². The largest absolute Gasteiger partial charge is 0.452 e. The van der Waals surface area contributed by atoms with E-state index in [4.69, 9.17) is 9.47 Å². The van der Waals surface area contributed by atoms with Crippen molar-refractivity contribution in [1.29, 1.82) is 0 Å². The summed E-state index contributed by atoms with van der Waals surface area (Å²) in [6.07, 6.45) is 1.47. The molecule has 0 aliphatic heterocycles. The number of imide groups is 1. The van der Waals surface area contributed by atoms with Crippen LogP contribution < -0.4 is 15.4 Å². The van der Waals surface area contributed by atoms with Gasteiger partial charge in [-0.3, -0.25) is 10.1 Å². The van der Waals surface area contributed by atoms with E-state index in [-0.39, 0.29) is 17.4 Å². The van der Waals surface area contributed by atoms with Gasteiger partial charge in [-0.2, -0.15) is 0 Å². The third-order valence-electron chi connectivity index (χ3n) is 3.21. The Kier molecular flexibility index (Phi) is 7.30. The maximum atomic E-state index is 12.2. The predicted octanol–water partition coefficient (Wildman–Crippen LogP) is 2.51. The summed E-state index contributed by atoms with van der Waals surface area (Å²) >= 11 is 0. The van der Waals surface area contributed by atoms with E-state index < -0.39 is 24.5 Å². The van der Waals surface area contributed by atoms with Crippen LogP contribution in [0, 0.1) is 5.92 Å². The van der Waals surface area contributed by atoms with Crippen molar-refractivity contribution in [3.05, 3.63) is 54.2 Å². The lowest BCUT2D eigenvalue weighted by molar-refractivity contribution is -0.123. The molecule has 0 aliphatic carbocycles. The number of carbonyl (C=O) groups is 3. The first-order valence-corrected chi connectivity index (χ1v) is 8.38. The van der Waals surface area contributed by atoms with Gasteiger partial charge in [0.15, 0.2) is 6.61 Å². The molecule has 2 aromatic rings. The quantitative estimate of drug-likeness (QED) is 0.724. The monoisotopic (exact) mass is 371 g/mol. The summed E-state index contributed by atoms with van der Waals surface area (Å²) in [7, 11) is 0. The van der Waals surface area contributed by atoms with Crippen LogP contribution in [0.15, 0.2) is 48.7 Å². The second-order valence-corrected chi connectivity index (χ2v) is 6.00. The first-order chi connectivity index (χ1) is 13.0. The third kappa shape index (κ3) is 6.77. The molecule has 0 spiro atoms. The average Bonchev–Trinajstić information content (AvgIpc) is 2.66. The summed E-state index contributed by atoms with van der Waals surface area (Å²) in [5.74, 6) is -0.711. The zero-order valence-corrected chi connectivity index (χ0v) is 15.1. The topological polar surface area (TPSA) is 107 Å². The fraction of sp³-hybridized carbons (Fsp3) is 0.263. The number of nitrogens with zero attached hydrogens (tertiary/aromatic N) is 1. The molecular formula is C19H21N3O5. The van der Waals surface area contributed by atoms with Crippen LogP contribution in [0.4, 0.5) is 4.79 Å². The van der Waals surface area contributed by atoms with Crippen molar-refractivity contribution in [3.8, 4) is 11.6 Å². The number of hydrogen-bond donors (Lipinski definition) is 2. The van der Waals surface area contributed by atoms with Gasteiger partial charge in [0.1, 0.15) is 11.3 Å². The Balaban J connectivity index is 1.90. The second-order valence-electron chi connectivity index (χ2n) is 6.00. The van der Waals surface area contributed by atoms with Gasteiger partial charge in [0.25, 0.3) is 5.91 Å². The Morgan fingerprint density at radius 3 is 2.52 bits per heavy atom. The van der Waals surface area contributed by atoms with E-state index in [2.05, 4.69) is 15.6 Å². The molecule has 2 rings (SSSR count). The molecule has 1 aromatic heterocycles. The van der Waals surface area contributed by atoms with E-state index in [1.807, 2.05) is 19.9 Å². The molecule has 0 bridgehead atoms. The van der Waals surface area contributed by atoms with Crippen LogP contribution in [0.1, 0.15) is 24.2 Å². The van der Waals surface area contributed by atoms with Gasteiger partial charge in [0, 0.05) is 12.7 Å². The highest BCUT2D eigenvalue weighted by molar-refractivity contribution is 5.97. The van der Waals surface area contributed by atoms with E-state index in [0.717, 1.165) is 0 Å². The minimum absolute atomic E-state index is 0.0591. The second kappa shape index (κ2) is 9.91. The number of benzene rings is 1. The van der Waals surface area contributed by atoms with Gasteiger partial charge in [-0.1, -0.05) is 32.0 Å². The van der Waals surface area contributed by atoms with Gasteiger partial charge in [0.05, 0.1) is 0 Å². The first-order valence-electron chi connectivity index (χ1n) is 8.38. The highest BCUT2D eigenvalue weighted by Crippen LogP contribution is 2.23. The lowest BCUT2D eigenvalue weighted by atomic mass is 10.2. The number of para-hydroxylation sites is 1. The number of amides is 3. The van der Waals surface area contributed by atoms with Gasteiger partial charge in [-0.15, -0.1) is 0 Å². The molecule has 0 atom stereocenters. The van der Waals surface area contributed by atoms with Crippen molar-refractivity contribution < 1.29 is 23.9 Å². The SMILES string of the molecule is CC(C)CNC(=O)NC(=O)COC(=O)c1cccnc1Oc1ccccc1. The highest BCUT2D eigenvalue weighted by atomic mass is 16.5. The van der Waals surface area contributed by atoms with Gasteiger partial charge >= 0.3 is 12.0 Å². The highest BCUT2D eigenvalue weighted by Gasteiger charge is 2.18. The Morgan fingerprint density at radius 2 is 1.81 bits per heavy atom. The molecule has 27 heavy (non-hydrogen) atoms. The molecule has 0 aliphatic rings. The van der Waals surface area contributed by atoms with Crippen molar-refractivity contribution in [2.45, 2.75) is 13.8 Å². The van der Waals surface area contributed by atoms with Gasteiger partial charge in [-0.05, 0) is 30.2 Å². The van der Waals surface area contributed by atoms with Gasteiger partial charge < -0.3 is 14.8 Å². The molecule has 8 heteroatoms. The van der Waals surface area contributed by atoms with Crippen molar-refractivity contribution in [2.24, 2.45) is 5.92 Å². The lowest BCUT2D eigenvalue weighted by Crippen LogP contribution is -2.42. The predicted molar refractivity (Wildman–Crippen MR) is 97.4 cm³/mol. The molecule has 0 saturated heterocycles. The number of pyridine rings is 1. The minimum atomic E-state index is -0.785. The van der Waals surface area contributed by atoms with Gasteiger partial charge in [0.2, 0.25) is 5.88 Å². The molecule has 8 nitrogen and oxygen atoms in total. The maximum Gasteiger partial charge on any atom is 0.344 e. The van der Waals surface area contributed by atoms with Crippen LogP contribution in [0.25, 0.3) is 0 Å². The average molecular weight is 371 g/mol. The number of esters is 1. The number of ether oxygens (including phenoxy) is 2.